The lowest BCUT2D eigenvalue weighted by molar-refractivity contribution is -0.404. The number of ether oxygens (including phenoxy) is 1. The van der Waals surface area contributed by atoms with E-state index < -0.39 is 56.7 Å². The SMILES string of the molecule is CC(C)(C)OO[C@]12C3=C4C(=O)OC(=O)[C@]5(OOC(C)(C)C)c6c7c8c9c(c1c1c%10c2c2c%11c%12c(c%13c(=O)c%14c5c5c6c6c8c8c%15c9c1c1c9c%10c%11c%10c%11c%12c%12c%13c%14c%13c5c5c6c8c6c(c1%15)c(c9%10)c1c%11c%12c%13c5c61)[C@@]42OOC(C)(C)C)[C@@]7(OOC(C)(C)C)C3=Nc1ccccc1. The number of hydrogen-bond acceptors (Lipinski definition) is 13. The third-order valence-corrected chi connectivity index (χ3v) is 25.6. The molecule has 4 atom stereocenters. The summed E-state index contributed by atoms with van der Waals surface area (Å²) in [4.78, 5) is 121. The molecule has 1 aliphatic heterocycles. The first-order chi connectivity index (χ1) is 45.5. The van der Waals surface area contributed by atoms with E-state index in [4.69, 9.17) is 48.8 Å². The van der Waals surface area contributed by atoms with Crippen LogP contribution in [0.1, 0.15) is 128 Å². The maximum Gasteiger partial charge on any atom is 0.359 e. The number of carbonyl (C=O) groups is 2. The fourth-order valence-corrected chi connectivity index (χ4v) is 24.4. The lowest BCUT2D eigenvalue weighted by Crippen LogP contribution is -2.59. The van der Waals surface area contributed by atoms with E-state index in [2.05, 4.69) is 0 Å². The van der Waals surface area contributed by atoms with Gasteiger partial charge < -0.3 is 4.74 Å². The summed E-state index contributed by atoms with van der Waals surface area (Å²) in [5.74, 6) is -2.18. The third-order valence-electron chi connectivity index (χ3n) is 25.6. The lowest BCUT2D eigenvalue weighted by atomic mass is 9.57. The molecule has 13 nitrogen and oxygen atoms in total. The van der Waals surface area contributed by atoms with Crippen LogP contribution in [0.4, 0.5) is 5.69 Å². The average Bonchev–Trinajstić information content (AvgIpc) is 1.39. The van der Waals surface area contributed by atoms with Crippen LogP contribution in [0.2, 0.25) is 0 Å². The number of para-hydroxylation sites is 1. The summed E-state index contributed by atoms with van der Waals surface area (Å²) in [5.41, 5.74) is -8.33. The smallest absolute Gasteiger partial charge is 0.359 e. The Hall–Kier alpha value is -9.38. The predicted octanol–water partition coefficient (Wildman–Crippen LogP) is 18.4. The Balaban J connectivity index is 1.07. The fraction of sp³-hybridized carbons (Fsp3) is 0.244. The molecule has 13 heteroatoms. The molecule has 0 amide bonds. The van der Waals surface area contributed by atoms with Crippen LogP contribution in [0, 0.1) is 0 Å². The molecule has 446 valence electrons. The van der Waals surface area contributed by atoms with Crippen LogP contribution in [-0.2, 0) is 75.8 Å². The first-order valence-electron chi connectivity index (χ1n) is 33.4. The molecule has 7 aliphatic rings. The number of cyclic esters (lactones) is 2. The summed E-state index contributed by atoms with van der Waals surface area (Å²) in [7, 11) is 0. The van der Waals surface area contributed by atoms with Crippen LogP contribution in [-0.4, -0.2) is 40.1 Å². The molecule has 0 unspecified atom stereocenters. The number of nitrogens with zero attached hydrogens (tertiary/aromatic N) is 1. The minimum atomic E-state index is -2.57. The van der Waals surface area contributed by atoms with Gasteiger partial charge in [0, 0.05) is 93.2 Å². The van der Waals surface area contributed by atoms with Crippen LogP contribution in [0.5, 0.6) is 0 Å². The lowest BCUT2D eigenvalue weighted by Gasteiger charge is -2.52. The van der Waals surface area contributed by atoms with Crippen LogP contribution in [0.3, 0.4) is 0 Å². The summed E-state index contributed by atoms with van der Waals surface area (Å²) in [6.45, 7) is 23.2. The van der Waals surface area contributed by atoms with Crippen LogP contribution < -0.4 is 5.43 Å². The van der Waals surface area contributed by atoms with Gasteiger partial charge in [-0.15, -0.1) is 0 Å². The highest BCUT2D eigenvalue weighted by molar-refractivity contribution is 6.77. The topological polar surface area (TPSA) is 147 Å². The molecule has 0 radical (unpaired) electrons. The number of carbonyl (C=O) groups excluding carboxylic acids is 2. The zero-order valence-electron chi connectivity index (χ0n) is 52.7. The molecule has 0 N–H and O–H groups in total. The Kier molecular flexibility index (Phi) is 5.76. The summed E-state index contributed by atoms with van der Waals surface area (Å²) in [6, 6.07) is 9.76. The van der Waals surface area contributed by atoms with Gasteiger partial charge in [-0.3, -0.25) is 4.79 Å². The van der Waals surface area contributed by atoms with Gasteiger partial charge in [0.25, 0.3) is 5.60 Å². The van der Waals surface area contributed by atoms with Gasteiger partial charge >= 0.3 is 11.9 Å². The first-order valence-corrected chi connectivity index (χ1v) is 33.4. The fourth-order valence-electron chi connectivity index (χ4n) is 24.4. The molecule has 95 heavy (non-hydrogen) atoms. The number of rotatable bonds is 9. The van der Waals surface area contributed by atoms with Gasteiger partial charge in [0.2, 0.25) is 0 Å². The highest BCUT2D eigenvalue weighted by Gasteiger charge is 2.77. The van der Waals surface area contributed by atoms with E-state index >= 15 is 14.4 Å². The van der Waals surface area contributed by atoms with Crippen molar-refractivity contribution in [3.05, 3.63) is 96.2 Å². The number of benzene rings is 16. The Morgan fingerprint density at radius 2 is 0.526 bits per heavy atom. The Bertz CT molecular complexity index is 7940. The van der Waals surface area contributed by atoms with Gasteiger partial charge in [-0.1, -0.05) is 18.2 Å². The minimum Gasteiger partial charge on any atom is -0.387 e. The van der Waals surface area contributed by atoms with Gasteiger partial charge in [0.1, 0.15) is 0 Å². The summed E-state index contributed by atoms with van der Waals surface area (Å²) in [6.07, 6.45) is 0. The third kappa shape index (κ3) is 3.49. The van der Waals surface area contributed by atoms with Crippen molar-refractivity contribution in [1.29, 1.82) is 0 Å². The van der Waals surface area contributed by atoms with E-state index in [0.717, 1.165) is 124 Å². The van der Waals surface area contributed by atoms with Crippen molar-refractivity contribution in [2.45, 2.75) is 128 Å². The second-order valence-electron chi connectivity index (χ2n) is 34.1. The number of fused-ring (bicyclic) bond motifs is 5. The molecule has 0 saturated carbocycles. The quantitative estimate of drug-likeness (QED) is 0.0445. The summed E-state index contributed by atoms with van der Waals surface area (Å²) < 4.78 is 7.22. The van der Waals surface area contributed by atoms with Crippen molar-refractivity contribution in [2.24, 2.45) is 4.99 Å². The highest BCUT2D eigenvalue weighted by Crippen LogP contribution is 2.83. The molecule has 0 aromatic heterocycles. The standard InChI is InChI=1S/C82H41NO12/c1-75(2,3)88-92-79-61-51-41-31-24-19-20-22-23-21(19)28-33(31)43-45-35(28)36-30(23)38-37-29(22)34-32-25(20)27-26(24)39(41)49-50-40(27)42(32)52-54-44(34)47(37)58-57-48(38)46(36)56-55(45)64(63(79)53(43)51)80(93-89-76(4,5)6)65(56)66(57)81(94-90-77(7,8)9)67(58)68(54)82(95-91-78(10,11)12,62(52)60(50)71(84)59(49)61)74(86)87-73(85)70(79)69(80)72(81)83-18-16-14-13-15-17-18/h13-17H,1-12H3/t79-,80-,81-,82+/m0/s1. The van der Waals surface area contributed by atoms with Gasteiger partial charge in [-0.05, 0) is 278 Å². The van der Waals surface area contributed by atoms with Crippen molar-refractivity contribution in [3.63, 3.8) is 0 Å². The normalized spacial score (nSPS) is 24.4. The number of hydrogen-bond donors (Lipinski definition) is 0. The van der Waals surface area contributed by atoms with E-state index in [1.807, 2.05) is 113 Å². The van der Waals surface area contributed by atoms with E-state index in [1.54, 1.807) is 0 Å². The first kappa shape index (κ1) is 46.7. The molecule has 23 aromatic carbocycles. The van der Waals surface area contributed by atoms with Gasteiger partial charge in [-0.25, -0.2) is 53.7 Å². The van der Waals surface area contributed by atoms with Crippen molar-refractivity contribution in [2.75, 3.05) is 0 Å². The molecule has 30 rings (SSSR count). The predicted molar refractivity (Wildman–Crippen MR) is 367 cm³/mol. The maximum absolute atomic E-state index is 18.3. The zero-order valence-corrected chi connectivity index (χ0v) is 52.7. The van der Waals surface area contributed by atoms with Crippen LogP contribution >= 0.6 is 0 Å². The molecule has 23 aromatic rings. The largest absolute Gasteiger partial charge is 0.387 e. The zero-order chi connectivity index (χ0) is 62.5. The average molecular weight is 1230 g/mol. The molecule has 1 heterocycles. The van der Waals surface area contributed by atoms with E-state index in [0.29, 0.717) is 60.8 Å². The van der Waals surface area contributed by atoms with E-state index in [1.165, 1.54) is 91.6 Å². The van der Waals surface area contributed by atoms with Crippen molar-refractivity contribution in [1.82, 2.24) is 0 Å². The van der Waals surface area contributed by atoms with Crippen molar-refractivity contribution < 1.29 is 53.4 Å². The molecule has 0 spiro atoms. The monoisotopic (exact) mass is 1230 g/mol. The Labute approximate surface area is 529 Å². The van der Waals surface area contributed by atoms with E-state index in [-0.39, 0.29) is 22.3 Å². The second-order valence-corrected chi connectivity index (χ2v) is 34.1. The van der Waals surface area contributed by atoms with Gasteiger partial charge in [0.05, 0.1) is 39.4 Å². The highest BCUT2D eigenvalue weighted by atomic mass is 17.2. The molecule has 0 fully saturated rings. The van der Waals surface area contributed by atoms with Gasteiger partial charge in [0.15, 0.2) is 22.2 Å². The maximum atomic E-state index is 18.3. The van der Waals surface area contributed by atoms with Gasteiger partial charge in [-0.2, -0.15) is 0 Å². The summed E-state index contributed by atoms with van der Waals surface area (Å²) >= 11 is 0. The molecule has 6 aliphatic carbocycles. The summed E-state index contributed by atoms with van der Waals surface area (Å²) in [5, 5.41) is 43.6. The van der Waals surface area contributed by atoms with Crippen molar-refractivity contribution >= 4 is 250 Å². The van der Waals surface area contributed by atoms with Crippen molar-refractivity contribution in [3.8, 4) is 0 Å². The molecule has 0 saturated heterocycles. The Morgan fingerprint density at radius 1 is 0.284 bits per heavy atom. The molecule has 2 bridgehead atoms. The molecular formula is C82H41NO12. The Morgan fingerprint density at radius 3 is 0.853 bits per heavy atom. The molecular weight excluding hydrogens is 1190 g/mol. The number of esters is 2. The van der Waals surface area contributed by atoms with Crippen LogP contribution in [0.15, 0.2) is 51.3 Å². The minimum absolute atomic E-state index is 0.170. The number of aliphatic imine (C=N–C) groups is 1. The van der Waals surface area contributed by atoms with E-state index in [9.17, 15) is 0 Å². The second kappa shape index (κ2) is 11.7. The van der Waals surface area contributed by atoms with Crippen LogP contribution in [0.25, 0.3) is 226 Å².